The van der Waals surface area contributed by atoms with Crippen LogP contribution >= 0.6 is 0 Å². The molecule has 2 aromatic rings. The fourth-order valence-electron chi connectivity index (χ4n) is 1.67. The Bertz CT molecular complexity index is 535. The van der Waals surface area contributed by atoms with Crippen molar-refractivity contribution >= 4 is 11.0 Å². The number of aryl methyl sites for hydroxylation is 1. The van der Waals surface area contributed by atoms with Gasteiger partial charge in [-0.05, 0) is 18.6 Å². The maximum Gasteiger partial charge on any atom is 0.435 e. The number of nitrogens with zero attached hydrogens (tertiary/aromatic N) is 2. The minimum atomic E-state index is -4.44. The molecule has 5 heteroatoms. The normalized spacial score (nSPS) is 12.0. The van der Waals surface area contributed by atoms with E-state index in [-0.39, 0.29) is 17.6 Å². The van der Waals surface area contributed by atoms with Gasteiger partial charge in [-0.25, -0.2) is 9.97 Å². The molecule has 0 aliphatic rings. The van der Waals surface area contributed by atoms with Crippen LogP contribution in [0.4, 0.5) is 13.2 Å². The average Bonchev–Trinajstić information content (AvgIpc) is 2.27. The predicted molar refractivity (Wildman–Crippen MR) is 58.5 cm³/mol. The molecule has 2 rings (SSSR count). The van der Waals surface area contributed by atoms with Crippen molar-refractivity contribution in [1.82, 2.24) is 9.97 Å². The molecule has 0 spiro atoms. The first kappa shape index (κ1) is 11.8. The largest absolute Gasteiger partial charge is 0.435 e. The minimum Gasteiger partial charge on any atom is -0.249 e. The Hall–Kier alpha value is -1.65. The SMILES string of the molecule is CCCc1nc2ccccc2nc1C(F)(F)F. The number of hydrogen-bond donors (Lipinski definition) is 0. The van der Waals surface area contributed by atoms with Crippen LogP contribution in [0.3, 0.4) is 0 Å². The summed E-state index contributed by atoms with van der Waals surface area (Å²) in [5.74, 6) is 0. The molecule has 0 N–H and O–H groups in total. The molecular weight excluding hydrogens is 229 g/mol. The van der Waals surface area contributed by atoms with Crippen molar-refractivity contribution in [3.8, 4) is 0 Å². The Morgan fingerprint density at radius 1 is 1.06 bits per heavy atom. The topological polar surface area (TPSA) is 25.8 Å². The van der Waals surface area contributed by atoms with Crippen molar-refractivity contribution in [2.75, 3.05) is 0 Å². The Morgan fingerprint density at radius 2 is 1.65 bits per heavy atom. The van der Waals surface area contributed by atoms with Gasteiger partial charge < -0.3 is 0 Å². The molecule has 0 saturated heterocycles. The number of rotatable bonds is 2. The lowest BCUT2D eigenvalue weighted by molar-refractivity contribution is -0.141. The quantitative estimate of drug-likeness (QED) is 0.801. The van der Waals surface area contributed by atoms with Gasteiger partial charge in [-0.1, -0.05) is 25.5 Å². The lowest BCUT2D eigenvalue weighted by Crippen LogP contribution is -2.14. The Morgan fingerprint density at radius 3 is 2.18 bits per heavy atom. The molecular formula is C12H11F3N2. The molecule has 0 aliphatic heterocycles. The second-order valence-electron chi connectivity index (χ2n) is 3.76. The van der Waals surface area contributed by atoms with Gasteiger partial charge in [0.05, 0.1) is 16.7 Å². The van der Waals surface area contributed by atoms with E-state index in [1.54, 1.807) is 18.2 Å². The summed E-state index contributed by atoms with van der Waals surface area (Å²) in [4.78, 5) is 7.73. The molecule has 0 amide bonds. The first-order valence-corrected chi connectivity index (χ1v) is 5.35. The first-order valence-electron chi connectivity index (χ1n) is 5.35. The maximum atomic E-state index is 12.8. The minimum absolute atomic E-state index is 0.0266. The van der Waals surface area contributed by atoms with Crippen LogP contribution in [0.1, 0.15) is 24.7 Å². The van der Waals surface area contributed by atoms with Gasteiger partial charge in [-0.2, -0.15) is 13.2 Å². The zero-order valence-corrected chi connectivity index (χ0v) is 9.25. The lowest BCUT2D eigenvalue weighted by Gasteiger charge is -2.11. The molecule has 0 aliphatic carbocycles. The van der Waals surface area contributed by atoms with Crippen LogP contribution < -0.4 is 0 Å². The summed E-state index contributed by atoms with van der Waals surface area (Å²) in [5, 5.41) is 0. The maximum absolute atomic E-state index is 12.8. The van der Waals surface area contributed by atoms with E-state index in [2.05, 4.69) is 9.97 Å². The molecule has 0 saturated carbocycles. The van der Waals surface area contributed by atoms with Gasteiger partial charge in [0.15, 0.2) is 5.69 Å². The number of para-hydroxylation sites is 2. The number of hydrogen-bond acceptors (Lipinski definition) is 2. The van der Waals surface area contributed by atoms with Crippen molar-refractivity contribution in [2.45, 2.75) is 25.9 Å². The van der Waals surface area contributed by atoms with Crippen LogP contribution in [0, 0.1) is 0 Å². The highest BCUT2D eigenvalue weighted by Gasteiger charge is 2.36. The van der Waals surface area contributed by atoms with Crippen LogP contribution in [0.25, 0.3) is 11.0 Å². The fourth-order valence-corrected chi connectivity index (χ4v) is 1.67. The van der Waals surface area contributed by atoms with Crippen molar-refractivity contribution in [2.24, 2.45) is 0 Å². The van der Waals surface area contributed by atoms with Crippen LogP contribution in [-0.2, 0) is 12.6 Å². The van der Waals surface area contributed by atoms with Crippen LogP contribution in [-0.4, -0.2) is 9.97 Å². The predicted octanol–water partition coefficient (Wildman–Crippen LogP) is 3.60. The second kappa shape index (κ2) is 4.31. The number of benzene rings is 1. The van der Waals surface area contributed by atoms with Crippen molar-refractivity contribution < 1.29 is 13.2 Å². The van der Waals surface area contributed by atoms with Crippen LogP contribution in [0.5, 0.6) is 0 Å². The third-order valence-corrected chi connectivity index (χ3v) is 2.40. The molecule has 2 nitrogen and oxygen atoms in total. The highest BCUT2D eigenvalue weighted by atomic mass is 19.4. The van der Waals surface area contributed by atoms with Gasteiger partial charge >= 0.3 is 6.18 Å². The van der Waals surface area contributed by atoms with Gasteiger partial charge in [-0.15, -0.1) is 0 Å². The first-order chi connectivity index (χ1) is 8.02. The van der Waals surface area contributed by atoms with E-state index in [0.717, 1.165) is 0 Å². The van der Waals surface area contributed by atoms with E-state index < -0.39 is 11.9 Å². The third kappa shape index (κ3) is 2.38. The third-order valence-electron chi connectivity index (χ3n) is 2.40. The van der Waals surface area contributed by atoms with E-state index in [0.29, 0.717) is 11.9 Å². The summed E-state index contributed by atoms with van der Waals surface area (Å²) in [7, 11) is 0. The number of alkyl halides is 3. The zero-order valence-electron chi connectivity index (χ0n) is 9.25. The molecule has 90 valence electrons. The molecule has 0 fully saturated rings. The Kier molecular flexibility index (Phi) is 3.00. The standard InChI is InChI=1S/C12H11F3N2/c1-2-5-10-11(12(13,14)15)17-9-7-4-3-6-8(9)16-10/h3-4,6-7H,2,5H2,1H3. The zero-order chi connectivity index (χ0) is 12.5. The Labute approximate surface area is 96.5 Å². The smallest absolute Gasteiger partial charge is 0.249 e. The molecule has 0 unspecified atom stereocenters. The molecule has 0 bridgehead atoms. The average molecular weight is 240 g/mol. The van der Waals surface area contributed by atoms with E-state index >= 15 is 0 Å². The second-order valence-corrected chi connectivity index (χ2v) is 3.76. The van der Waals surface area contributed by atoms with Gasteiger partial charge in [0.2, 0.25) is 0 Å². The van der Waals surface area contributed by atoms with Crippen molar-refractivity contribution in [3.05, 3.63) is 35.7 Å². The molecule has 0 atom stereocenters. The highest BCUT2D eigenvalue weighted by Crippen LogP contribution is 2.31. The summed E-state index contributed by atoms with van der Waals surface area (Å²) in [6.07, 6.45) is -3.55. The van der Waals surface area contributed by atoms with Gasteiger partial charge in [-0.3, -0.25) is 0 Å². The van der Waals surface area contributed by atoms with Gasteiger partial charge in [0, 0.05) is 0 Å². The van der Waals surface area contributed by atoms with E-state index in [1.807, 2.05) is 6.92 Å². The summed E-state index contributed by atoms with van der Waals surface area (Å²) in [5.41, 5.74) is -0.0552. The van der Waals surface area contributed by atoms with Crippen LogP contribution in [0.15, 0.2) is 24.3 Å². The van der Waals surface area contributed by atoms with Gasteiger partial charge in [0.25, 0.3) is 0 Å². The van der Waals surface area contributed by atoms with Crippen LogP contribution in [0.2, 0.25) is 0 Å². The molecule has 0 radical (unpaired) electrons. The molecule has 17 heavy (non-hydrogen) atoms. The summed E-state index contributed by atoms with van der Waals surface area (Å²) < 4.78 is 38.4. The van der Waals surface area contributed by atoms with E-state index in [9.17, 15) is 13.2 Å². The van der Waals surface area contributed by atoms with Gasteiger partial charge in [0.1, 0.15) is 0 Å². The number of fused-ring (bicyclic) bond motifs is 1. The van der Waals surface area contributed by atoms with E-state index in [4.69, 9.17) is 0 Å². The Balaban J connectivity index is 2.66. The van der Waals surface area contributed by atoms with Crippen molar-refractivity contribution in [1.29, 1.82) is 0 Å². The fraction of sp³-hybridized carbons (Fsp3) is 0.333. The molecule has 1 heterocycles. The summed E-state index contributed by atoms with van der Waals surface area (Å²) in [6, 6.07) is 6.59. The van der Waals surface area contributed by atoms with E-state index in [1.165, 1.54) is 6.07 Å². The lowest BCUT2D eigenvalue weighted by atomic mass is 10.1. The number of halogens is 3. The summed E-state index contributed by atoms with van der Waals surface area (Å²) >= 11 is 0. The summed E-state index contributed by atoms with van der Waals surface area (Å²) in [6.45, 7) is 1.82. The highest BCUT2D eigenvalue weighted by molar-refractivity contribution is 5.74. The van der Waals surface area contributed by atoms with Crippen molar-refractivity contribution in [3.63, 3.8) is 0 Å². The number of aromatic nitrogens is 2. The monoisotopic (exact) mass is 240 g/mol. The molecule has 1 aromatic carbocycles. The molecule has 1 aromatic heterocycles.